The van der Waals surface area contributed by atoms with Crippen LogP contribution in [0.2, 0.25) is 0 Å². The van der Waals surface area contributed by atoms with Gasteiger partial charge < -0.3 is 15.2 Å². The van der Waals surface area contributed by atoms with E-state index in [1.165, 1.54) is 12.1 Å². The molecule has 0 aliphatic rings. The summed E-state index contributed by atoms with van der Waals surface area (Å²) in [5.41, 5.74) is 2.31. The lowest BCUT2D eigenvalue weighted by Crippen LogP contribution is -1.97. The molecule has 3 rings (SSSR count). The lowest BCUT2D eigenvalue weighted by Gasteiger charge is -2.01. The maximum Gasteiger partial charge on any atom is 0.338 e. The fourth-order valence-electron chi connectivity index (χ4n) is 2.21. The van der Waals surface area contributed by atoms with E-state index in [0.29, 0.717) is 11.1 Å². The van der Waals surface area contributed by atoms with E-state index in [-0.39, 0.29) is 11.3 Å². The number of carboxylic acid groups (broad SMARTS) is 1. The van der Waals surface area contributed by atoms with Crippen LogP contribution in [0.3, 0.4) is 0 Å². The SMILES string of the molecule is O=C(O)c1c(-c2ccc(O)cc2)[nH]c2ccccc12. The van der Waals surface area contributed by atoms with Crippen LogP contribution in [0.4, 0.5) is 0 Å². The Morgan fingerprint density at radius 1 is 1.00 bits per heavy atom. The van der Waals surface area contributed by atoms with Crippen molar-refractivity contribution in [3.05, 3.63) is 54.1 Å². The second-order valence-corrected chi connectivity index (χ2v) is 4.27. The molecule has 1 heterocycles. The van der Waals surface area contributed by atoms with Crippen LogP contribution in [0.5, 0.6) is 5.75 Å². The van der Waals surface area contributed by atoms with Crippen molar-refractivity contribution in [1.29, 1.82) is 0 Å². The molecular formula is C15H11NO3. The molecular weight excluding hydrogens is 242 g/mol. The zero-order valence-electron chi connectivity index (χ0n) is 9.92. The molecule has 0 spiro atoms. The number of hydrogen-bond acceptors (Lipinski definition) is 2. The first-order chi connectivity index (χ1) is 9.16. The predicted octanol–water partition coefficient (Wildman–Crippen LogP) is 3.24. The molecule has 0 aliphatic carbocycles. The summed E-state index contributed by atoms with van der Waals surface area (Å²) in [6.45, 7) is 0. The Balaban J connectivity index is 2.31. The number of carbonyl (C=O) groups is 1. The Labute approximate surface area is 108 Å². The molecule has 0 fully saturated rings. The number of carboxylic acids is 1. The molecule has 19 heavy (non-hydrogen) atoms. The summed E-state index contributed by atoms with van der Waals surface area (Å²) in [4.78, 5) is 14.6. The highest BCUT2D eigenvalue weighted by Gasteiger charge is 2.18. The fraction of sp³-hybridized carbons (Fsp3) is 0. The number of aromatic hydroxyl groups is 1. The molecule has 0 unspecified atom stereocenters. The standard InChI is InChI=1S/C15H11NO3/c17-10-7-5-9(6-8-10)14-13(15(18)19)11-3-1-2-4-12(11)16-14/h1-8,16-17H,(H,18,19). The normalized spacial score (nSPS) is 10.7. The number of phenolic OH excluding ortho intramolecular Hbond substituents is 1. The highest BCUT2D eigenvalue weighted by atomic mass is 16.4. The van der Waals surface area contributed by atoms with E-state index >= 15 is 0 Å². The first-order valence-electron chi connectivity index (χ1n) is 5.80. The van der Waals surface area contributed by atoms with Crippen molar-refractivity contribution >= 4 is 16.9 Å². The Morgan fingerprint density at radius 3 is 2.37 bits per heavy atom. The summed E-state index contributed by atoms with van der Waals surface area (Å²) in [6, 6.07) is 13.7. The molecule has 3 N–H and O–H groups in total. The van der Waals surface area contributed by atoms with Gasteiger partial charge in [-0.25, -0.2) is 4.79 Å². The van der Waals surface area contributed by atoms with Gasteiger partial charge in [-0.15, -0.1) is 0 Å². The molecule has 4 nitrogen and oxygen atoms in total. The Morgan fingerprint density at radius 2 is 1.68 bits per heavy atom. The number of aromatic carboxylic acids is 1. The van der Waals surface area contributed by atoms with E-state index in [4.69, 9.17) is 0 Å². The quantitative estimate of drug-likeness (QED) is 0.656. The van der Waals surface area contributed by atoms with Crippen molar-refractivity contribution in [2.75, 3.05) is 0 Å². The average molecular weight is 253 g/mol. The number of H-pyrrole nitrogens is 1. The van der Waals surface area contributed by atoms with Crippen molar-refractivity contribution in [3.8, 4) is 17.0 Å². The average Bonchev–Trinajstić information content (AvgIpc) is 2.78. The maximum atomic E-state index is 11.5. The van der Waals surface area contributed by atoms with Crippen LogP contribution >= 0.6 is 0 Å². The summed E-state index contributed by atoms with van der Waals surface area (Å²) < 4.78 is 0. The lowest BCUT2D eigenvalue weighted by molar-refractivity contribution is 0.0700. The second kappa shape index (κ2) is 4.17. The van der Waals surface area contributed by atoms with E-state index in [0.717, 1.165) is 11.1 Å². The van der Waals surface area contributed by atoms with Gasteiger partial charge in [-0.05, 0) is 35.9 Å². The van der Waals surface area contributed by atoms with E-state index in [9.17, 15) is 15.0 Å². The summed E-state index contributed by atoms with van der Waals surface area (Å²) >= 11 is 0. The monoisotopic (exact) mass is 253 g/mol. The second-order valence-electron chi connectivity index (χ2n) is 4.27. The van der Waals surface area contributed by atoms with Crippen LogP contribution in [-0.2, 0) is 0 Å². The maximum absolute atomic E-state index is 11.5. The van der Waals surface area contributed by atoms with Crippen LogP contribution in [-0.4, -0.2) is 21.2 Å². The molecule has 0 atom stereocenters. The lowest BCUT2D eigenvalue weighted by atomic mass is 10.1. The molecule has 0 amide bonds. The molecule has 0 saturated heterocycles. The summed E-state index contributed by atoms with van der Waals surface area (Å²) in [6.07, 6.45) is 0. The largest absolute Gasteiger partial charge is 0.508 e. The topological polar surface area (TPSA) is 73.3 Å². The van der Waals surface area contributed by atoms with Gasteiger partial charge in [0.15, 0.2) is 0 Å². The van der Waals surface area contributed by atoms with Gasteiger partial charge in [0, 0.05) is 10.9 Å². The van der Waals surface area contributed by atoms with E-state index in [1.54, 1.807) is 18.2 Å². The molecule has 0 radical (unpaired) electrons. The van der Waals surface area contributed by atoms with Crippen molar-refractivity contribution in [2.24, 2.45) is 0 Å². The molecule has 3 aromatic rings. The zero-order chi connectivity index (χ0) is 13.4. The minimum absolute atomic E-state index is 0.150. The minimum atomic E-state index is -0.972. The summed E-state index contributed by atoms with van der Waals surface area (Å²) in [7, 11) is 0. The number of para-hydroxylation sites is 1. The van der Waals surface area contributed by atoms with Crippen molar-refractivity contribution < 1.29 is 15.0 Å². The van der Waals surface area contributed by atoms with Crippen LogP contribution in [0.1, 0.15) is 10.4 Å². The van der Waals surface area contributed by atoms with Crippen LogP contribution in [0.25, 0.3) is 22.2 Å². The number of aromatic nitrogens is 1. The molecule has 2 aromatic carbocycles. The Hall–Kier alpha value is -2.75. The van der Waals surface area contributed by atoms with Gasteiger partial charge in [0.2, 0.25) is 0 Å². The highest BCUT2D eigenvalue weighted by Crippen LogP contribution is 2.31. The third kappa shape index (κ3) is 1.83. The molecule has 0 aliphatic heterocycles. The van der Waals surface area contributed by atoms with Gasteiger partial charge in [-0.2, -0.15) is 0 Å². The van der Waals surface area contributed by atoms with E-state index < -0.39 is 5.97 Å². The fourth-order valence-corrected chi connectivity index (χ4v) is 2.21. The Kier molecular flexibility index (Phi) is 2.49. The van der Waals surface area contributed by atoms with Gasteiger partial charge in [-0.3, -0.25) is 0 Å². The third-order valence-corrected chi connectivity index (χ3v) is 3.08. The van der Waals surface area contributed by atoms with Crippen molar-refractivity contribution in [2.45, 2.75) is 0 Å². The number of aromatic amines is 1. The smallest absolute Gasteiger partial charge is 0.338 e. The Bertz CT molecular complexity index is 757. The van der Waals surface area contributed by atoms with Gasteiger partial charge >= 0.3 is 5.97 Å². The van der Waals surface area contributed by atoms with Gasteiger partial charge in [0.25, 0.3) is 0 Å². The number of benzene rings is 2. The van der Waals surface area contributed by atoms with Crippen LogP contribution < -0.4 is 0 Å². The predicted molar refractivity (Wildman–Crippen MR) is 72.4 cm³/mol. The molecule has 0 bridgehead atoms. The van der Waals surface area contributed by atoms with Crippen LogP contribution in [0, 0.1) is 0 Å². The number of hydrogen-bond donors (Lipinski definition) is 3. The molecule has 0 saturated carbocycles. The number of phenols is 1. The number of rotatable bonds is 2. The molecule has 4 heteroatoms. The van der Waals surface area contributed by atoms with E-state index in [1.807, 2.05) is 18.2 Å². The summed E-state index contributed by atoms with van der Waals surface area (Å²) in [5, 5.41) is 19.4. The first-order valence-corrected chi connectivity index (χ1v) is 5.80. The minimum Gasteiger partial charge on any atom is -0.508 e. The van der Waals surface area contributed by atoms with Crippen LogP contribution in [0.15, 0.2) is 48.5 Å². The third-order valence-electron chi connectivity index (χ3n) is 3.08. The van der Waals surface area contributed by atoms with E-state index in [2.05, 4.69) is 4.98 Å². The highest BCUT2D eigenvalue weighted by molar-refractivity contribution is 6.09. The molecule has 1 aromatic heterocycles. The number of nitrogens with one attached hydrogen (secondary N) is 1. The van der Waals surface area contributed by atoms with Crippen molar-refractivity contribution in [3.63, 3.8) is 0 Å². The van der Waals surface area contributed by atoms with Gasteiger partial charge in [0.05, 0.1) is 11.3 Å². The van der Waals surface area contributed by atoms with Gasteiger partial charge in [0.1, 0.15) is 5.75 Å². The summed E-state index contributed by atoms with van der Waals surface area (Å²) in [5.74, 6) is -0.822. The first kappa shape index (κ1) is 11.3. The van der Waals surface area contributed by atoms with Gasteiger partial charge in [-0.1, -0.05) is 18.2 Å². The van der Waals surface area contributed by atoms with Crippen molar-refractivity contribution in [1.82, 2.24) is 4.98 Å². The molecule has 94 valence electrons. The zero-order valence-corrected chi connectivity index (χ0v) is 9.92. The number of fused-ring (bicyclic) bond motifs is 1.